The van der Waals surface area contributed by atoms with Crippen LogP contribution in [0, 0.1) is 12.8 Å². The van der Waals surface area contributed by atoms with Gasteiger partial charge >= 0.3 is 6.03 Å². The number of aryl methyl sites for hydroxylation is 1. The molecule has 1 atom stereocenters. The Kier molecular flexibility index (Phi) is 9.63. The summed E-state index contributed by atoms with van der Waals surface area (Å²) in [5.74, 6) is -0.368. The van der Waals surface area contributed by atoms with Gasteiger partial charge in [-0.15, -0.1) is 5.10 Å². The highest BCUT2D eigenvalue weighted by molar-refractivity contribution is 5.91. The number of piperazine rings is 1. The predicted octanol–water partition coefficient (Wildman–Crippen LogP) is 3.13. The molecule has 4 aliphatic heterocycles. The van der Waals surface area contributed by atoms with Gasteiger partial charge in [0, 0.05) is 70.0 Å². The normalized spacial score (nSPS) is 21.2. The average molecular weight is 656 g/mol. The Hall–Kier alpha value is -4.03. The van der Waals surface area contributed by atoms with Crippen LogP contribution in [0.3, 0.4) is 0 Å². The molecule has 2 N–H and O–H groups in total. The summed E-state index contributed by atoms with van der Waals surface area (Å²) in [6, 6.07) is 12.7. The number of aromatic nitrogens is 3. The molecule has 3 saturated heterocycles. The van der Waals surface area contributed by atoms with Crippen LogP contribution in [-0.4, -0.2) is 136 Å². The van der Waals surface area contributed by atoms with Crippen LogP contribution in [0.15, 0.2) is 36.4 Å². The number of likely N-dealkylation sites (tertiary alicyclic amines) is 2. The number of carbonyl (C=O) groups is 3. The Morgan fingerprint density at radius 2 is 1.62 bits per heavy atom. The van der Waals surface area contributed by atoms with Crippen molar-refractivity contribution in [1.29, 1.82) is 0 Å². The lowest BCUT2D eigenvalue weighted by Gasteiger charge is -2.43. The highest BCUT2D eigenvalue weighted by atomic mass is 16.2. The minimum Gasteiger partial charge on any atom is -0.343 e. The van der Waals surface area contributed by atoms with Crippen LogP contribution in [-0.2, 0) is 22.4 Å². The molecule has 0 saturated carbocycles. The number of urea groups is 1. The van der Waals surface area contributed by atoms with Crippen molar-refractivity contribution in [2.75, 3.05) is 71.3 Å². The summed E-state index contributed by atoms with van der Waals surface area (Å²) < 4.78 is 0. The maximum absolute atomic E-state index is 14.2. The Balaban J connectivity index is 0.996. The van der Waals surface area contributed by atoms with Crippen LogP contribution in [0.5, 0.6) is 0 Å². The standard InChI is InChI=1S/C36H49N9O3/c1-25-21-26(23-32-34(25)39-40-38-32)22-28(35(47)44-19-17-42(18-20-44)29-8-12-41(2)13-9-29)24-33(46)43-14-10-30(11-15-43)45-16-7-27-5-3-4-6-31(27)37-36(45)48/h3-6,21,23,28-30H,7-20,22,24H2,1-2H3,(H,37,48)(H,38,39,40). The number of nitrogens with one attached hydrogen (secondary N) is 2. The zero-order chi connectivity index (χ0) is 33.2. The second-order valence-electron chi connectivity index (χ2n) is 14.3. The van der Waals surface area contributed by atoms with Gasteiger partial charge in [0.25, 0.3) is 0 Å². The lowest BCUT2D eigenvalue weighted by molar-refractivity contribution is -0.143. The first kappa shape index (κ1) is 32.5. The van der Waals surface area contributed by atoms with E-state index in [0.717, 1.165) is 78.9 Å². The quantitative estimate of drug-likeness (QED) is 0.401. The molecule has 3 fully saturated rings. The number of nitrogens with zero attached hydrogens (tertiary/aromatic N) is 7. The fourth-order valence-electron chi connectivity index (χ4n) is 8.27. The molecule has 3 aromatic rings. The molecule has 2 aromatic carbocycles. The van der Waals surface area contributed by atoms with Crippen LogP contribution in [0.25, 0.3) is 11.0 Å². The van der Waals surface area contributed by atoms with E-state index in [-0.39, 0.29) is 30.3 Å². The molecule has 5 heterocycles. The molecule has 1 aromatic heterocycles. The van der Waals surface area contributed by atoms with Crippen molar-refractivity contribution in [2.45, 2.75) is 64.0 Å². The molecule has 12 nitrogen and oxygen atoms in total. The smallest absolute Gasteiger partial charge is 0.322 e. The van der Waals surface area contributed by atoms with E-state index in [0.29, 0.717) is 45.2 Å². The summed E-state index contributed by atoms with van der Waals surface area (Å²) in [5, 5.41) is 14.2. The van der Waals surface area contributed by atoms with Gasteiger partial charge in [0.2, 0.25) is 11.8 Å². The molecule has 0 spiro atoms. The van der Waals surface area contributed by atoms with Crippen molar-refractivity contribution in [3.63, 3.8) is 0 Å². The topological polar surface area (TPSA) is 121 Å². The largest absolute Gasteiger partial charge is 0.343 e. The first-order valence-corrected chi connectivity index (χ1v) is 17.8. The van der Waals surface area contributed by atoms with Crippen LogP contribution < -0.4 is 5.32 Å². The van der Waals surface area contributed by atoms with Crippen molar-refractivity contribution < 1.29 is 14.4 Å². The van der Waals surface area contributed by atoms with Gasteiger partial charge in [-0.25, -0.2) is 4.79 Å². The zero-order valence-electron chi connectivity index (χ0n) is 28.4. The highest BCUT2D eigenvalue weighted by Gasteiger charge is 2.35. The summed E-state index contributed by atoms with van der Waals surface area (Å²) >= 11 is 0. The molecule has 0 bridgehead atoms. The summed E-state index contributed by atoms with van der Waals surface area (Å²) in [6.07, 6.45) is 5.28. The van der Waals surface area contributed by atoms with Crippen molar-refractivity contribution >= 4 is 34.6 Å². The third kappa shape index (κ3) is 7.05. The van der Waals surface area contributed by atoms with Gasteiger partial charge in [0.15, 0.2) is 0 Å². The number of carbonyl (C=O) groups excluding carboxylic acids is 3. The summed E-state index contributed by atoms with van der Waals surface area (Å²) in [6.45, 7) is 9.26. The highest BCUT2D eigenvalue weighted by Crippen LogP contribution is 2.27. The number of amides is 4. The molecule has 256 valence electrons. The van der Waals surface area contributed by atoms with E-state index in [1.54, 1.807) is 0 Å². The van der Waals surface area contributed by atoms with E-state index in [4.69, 9.17) is 0 Å². The van der Waals surface area contributed by atoms with E-state index in [1.807, 2.05) is 45.9 Å². The molecule has 48 heavy (non-hydrogen) atoms. The number of fused-ring (bicyclic) bond motifs is 2. The lowest BCUT2D eigenvalue weighted by atomic mass is 9.92. The number of piperidine rings is 2. The monoisotopic (exact) mass is 655 g/mol. The number of aromatic amines is 1. The number of benzene rings is 2. The van der Waals surface area contributed by atoms with E-state index in [9.17, 15) is 14.4 Å². The van der Waals surface area contributed by atoms with E-state index < -0.39 is 5.92 Å². The Morgan fingerprint density at radius 1 is 0.896 bits per heavy atom. The Labute approximate surface area is 282 Å². The fraction of sp³-hybridized carbons (Fsp3) is 0.583. The third-order valence-corrected chi connectivity index (χ3v) is 11.2. The summed E-state index contributed by atoms with van der Waals surface area (Å²) in [5.41, 5.74) is 5.73. The lowest BCUT2D eigenvalue weighted by Crippen LogP contribution is -2.55. The molecule has 12 heteroatoms. The molecule has 1 unspecified atom stereocenters. The predicted molar refractivity (Wildman–Crippen MR) is 185 cm³/mol. The van der Waals surface area contributed by atoms with Gasteiger partial charge in [0.1, 0.15) is 5.52 Å². The van der Waals surface area contributed by atoms with Gasteiger partial charge < -0.3 is 24.9 Å². The number of H-pyrrole nitrogens is 1. The van der Waals surface area contributed by atoms with Crippen LogP contribution >= 0.6 is 0 Å². The van der Waals surface area contributed by atoms with Gasteiger partial charge in [-0.3, -0.25) is 19.6 Å². The minimum absolute atomic E-state index is 0.0173. The Morgan fingerprint density at radius 3 is 2.40 bits per heavy atom. The molecule has 7 rings (SSSR count). The van der Waals surface area contributed by atoms with Crippen molar-refractivity contribution in [3.8, 4) is 0 Å². The van der Waals surface area contributed by atoms with Crippen molar-refractivity contribution in [2.24, 2.45) is 5.92 Å². The molecule has 4 amide bonds. The summed E-state index contributed by atoms with van der Waals surface area (Å²) in [7, 11) is 2.19. The zero-order valence-corrected chi connectivity index (χ0v) is 28.4. The maximum atomic E-state index is 14.2. The number of rotatable bonds is 7. The van der Waals surface area contributed by atoms with Crippen molar-refractivity contribution in [3.05, 3.63) is 53.1 Å². The molecule has 0 radical (unpaired) electrons. The second kappa shape index (κ2) is 14.2. The molecule has 0 aliphatic carbocycles. The molecule has 4 aliphatic rings. The number of anilines is 1. The second-order valence-corrected chi connectivity index (χ2v) is 14.3. The number of hydrogen-bond donors (Lipinski definition) is 2. The van der Waals surface area contributed by atoms with Crippen LogP contribution in [0.1, 0.15) is 48.8 Å². The molecular weight excluding hydrogens is 606 g/mol. The minimum atomic E-state index is -0.455. The van der Waals surface area contributed by atoms with Gasteiger partial charge in [-0.2, -0.15) is 0 Å². The van der Waals surface area contributed by atoms with E-state index in [2.05, 4.69) is 49.7 Å². The van der Waals surface area contributed by atoms with Crippen LogP contribution in [0.4, 0.5) is 10.5 Å². The van der Waals surface area contributed by atoms with Gasteiger partial charge in [-0.05, 0) is 94.4 Å². The maximum Gasteiger partial charge on any atom is 0.322 e. The molecular formula is C36H49N9O3. The first-order chi connectivity index (χ1) is 23.3. The van der Waals surface area contributed by atoms with E-state index >= 15 is 0 Å². The average Bonchev–Trinajstić information content (AvgIpc) is 3.52. The van der Waals surface area contributed by atoms with Gasteiger partial charge in [-0.1, -0.05) is 29.5 Å². The fourth-order valence-corrected chi connectivity index (χ4v) is 8.27. The summed E-state index contributed by atoms with van der Waals surface area (Å²) in [4.78, 5) is 52.0. The van der Waals surface area contributed by atoms with Crippen molar-refractivity contribution in [1.82, 2.24) is 39.9 Å². The van der Waals surface area contributed by atoms with Gasteiger partial charge in [0.05, 0.1) is 11.4 Å². The first-order valence-electron chi connectivity index (χ1n) is 17.8. The van der Waals surface area contributed by atoms with Crippen LogP contribution in [0.2, 0.25) is 0 Å². The number of para-hydroxylation sites is 1. The number of hydrogen-bond acceptors (Lipinski definition) is 7. The SMILES string of the molecule is Cc1cc(CC(CC(=O)N2CCC(N3CCc4ccccc4NC3=O)CC2)C(=O)N2CCN(C3CCN(C)CC3)CC2)cc2nn[nH]c12. The Bertz CT molecular complexity index is 1620. The van der Waals surface area contributed by atoms with E-state index in [1.165, 1.54) is 12.8 Å². The third-order valence-electron chi connectivity index (χ3n) is 11.2.